The molecule has 0 fully saturated rings. The number of halogens is 1. The van der Waals surface area contributed by atoms with Crippen molar-refractivity contribution in [3.05, 3.63) is 54.1 Å². The van der Waals surface area contributed by atoms with Gasteiger partial charge in [-0.25, -0.2) is 0 Å². The lowest BCUT2D eigenvalue weighted by Crippen LogP contribution is -2.41. The number of hydrogen-bond acceptors (Lipinski definition) is 5. The lowest BCUT2D eigenvalue weighted by Gasteiger charge is -2.25. The largest absolute Gasteiger partial charge is 0.504 e. The summed E-state index contributed by atoms with van der Waals surface area (Å²) >= 11 is 0. The van der Waals surface area contributed by atoms with Gasteiger partial charge in [-0.15, -0.1) is 12.4 Å². The third kappa shape index (κ3) is 6.12. The van der Waals surface area contributed by atoms with E-state index < -0.39 is 6.10 Å². The average Bonchev–Trinajstić information content (AvgIpc) is 2.60. The molecule has 0 saturated carbocycles. The van der Waals surface area contributed by atoms with Crippen LogP contribution in [0.5, 0.6) is 17.2 Å². The lowest BCUT2D eigenvalue weighted by atomic mass is 10.0. The molecule has 3 N–H and O–H groups in total. The smallest absolute Gasteiger partial charge is 0.160 e. The Bertz CT molecular complexity index is 639. The van der Waals surface area contributed by atoms with E-state index in [9.17, 15) is 10.2 Å². The zero-order valence-corrected chi connectivity index (χ0v) is 15.5. The maximum atomic E-state index is 10.5. The molecule has 3 atom stereocenters. The third-order valence-electron chi connectivity index (χ3n) is 3.81. The fourth-order valence-electron chi connectivity index (χ4n) is 2.49. The van der Waals surface area contributed by atoms with Crippen LogP contribution in [-0.2, 0) is 0 Å². The van der Waals surface area contributed by atoms with Gasteiger partial charge in [0, 0.05) is 12.1 Å². The Hall–Kier alpha value is -1.95. The van der Waals surface area contributed by atoms with Crippen LogP contribution in [0.2, 0.25) is 0 Å². The Morgan fingerprint density at radius 2 is 1.76 bits per heavy atom. The van der Waals surface area contributed by atoms with Gasteiger partial charge in [-0.2, -0.15) is 0 Å². The number of aromatic hydroxyl groups is 1. The van der Waals surface area contributed by atoms with Crippen LogP contribution in [0, 0.1) is 0 Å². The maximum Gasteiger partial charge on any atom is 0.160 e. The Balaban J connectivity index is 0.00000312. The molecule has 2 rings (SSSR count). The SMILES string of the molecule is COc1cc(C(O)C(C)NC(C)COc2ccccc2)ccc1O.Cl. The number of nitrogens with one attached hydrogen (secondary N) is 1. The average molecular weight is 368 g/mol. The van der Waals surface area contributed by atoms with Crippen molar-refractivity contribution >= 4 is 12.4 Å². The second kappa shape index (κ2) is 10.1. The van der Waals surface area contributed by atoms with Gasteiger partial charge in [0.25, 0.3) is 0 Å². The van der Waals surface area contributed by atoms with Gasteiger partial charge >= 0.3 is 0 Å². The van der Waals surface area contributed by atoms with Gasteiger partial charge in [0.05, 0.1) is 13.2 Å². The molecule has 0 heterocycles. The first-order valence-corrected chi connectivity index (χ1v) is 8.00. The summed E-state index contributed by atoms with van der Waals surface area (Å²) in [6.45, 7) is 4.41. The fourth-order valence-corrected chi connectivity index (χ4v) is 2.49. The molecule has 0 aliphatic carbocycles. The Labute approximate surface area is 155 Å². The topological polar surface area (TPSA) is 71.0 Å². The molecule has 0 spiro atoms. The normalized spacial score (nSPS) is 14.1. The standard InChI is InChI=1S/C19H25NO4.ClH/c1-13(12-24-16-7-5-4-6-8-16)20-14(2)19(22)15-9-10-17(21)18(11-15)23-3;/h4-11,13-14,19-22H,12H2,1-3H3;1H. The number of rotatable bonds is 8. The number of ether oxygens (including phenoxy) is 2. The van der Waals surface area contributed by atoms with Crippen LogP contribution in [0.25, 0.3) is 0 Å². The zero-order chi connectivity index (χ0) is 17.5. The monoisotopic (exact) mass is 367 g/mol. The van der Waals surface area contributed by atoms with E-state index in [2.05, 4.69) is 5.32 Å². The van der Waals surface area contributed by atoms with Gasteiger partial charge in [0.1, 0.15) is 12.4 Å². The predicted octanol–water partition coefficient (Wildman–Crippen LogP) is 3.30. The molecule has 6 heteroatoms. The first-order chi connectivity index (χ1) is 11.5. The van der Waals surface area contributed by atoms with Crippen LogP contribution < -0.4 is 14.8 Å². The molecular formula is C19H26ClNO4. The van der Waals surface area contributed by atoms with E-state index in [0.717, 1.165) is 5.75 Å². The molecule has 0 saturated heterocycles. The summed E-state index contributed by atoms with van der Waals surface area (Å²) in [7, 11) is 1.48. The van der Waals surface area contributed by atoms with Crippen molar-refractivity contribution in [2.24, 2.45) is 0 Å². The first-order valence-electron chi connectivity index (χ1n) is 8.00. The van der Waals surface area contributed by atoms with Gasteiger partial charge in [-0.05, 0) is 43.7 Å². The summed E-state index contributed by atoms with van der Waals surface area (Å²) < 4.78 is 10.8. The summed E-state index contributed by atoms with van der Waals surface area (Å²) in [6.07, 6.45) is -0.723. The van der Waals surface area contributed by atoms with E-state index in [4.69, 9.17) is 9.47 Å². The van der Waals surface area contributed by atoms with Crippen molar-refractivity contribution in [3.8, 4) is 17.2 Å². The van der Waals surface area contributed by atoms with Crippen LogP contribution in [0.1, 0.15) is 25.5 Å². The third-order valence-corrected chi connectivity index (χ3v) is 3.81. The molecule has 25 heavy (non-hydrogen) atoms. The van der Waals surface area contributed by atoms with E-state index >= 15 is 0 Å². The lowest BCUT2D eigenvalue weighted by molar-refractivity contribution is 0.123. The molecule has 0 amide bonds. The number of benzene rings is 2. The Kier molecular flexibility index (Phi) is 8.55. The summed E-state index contributed by atoms with van der Waals surface area (Å²) in [6, 6.07) is 14.3. The number of aliphatic hydroxyl groups excluding tert-OH is 1. The van der Waals surface area contributed by atoms with Crippen LogP contribution in [0.4, 0.5) is 0 Å². The Morgan fingerprint density at radius 1 is 1.08 bits per heavy atom. The van der Waals surface area contributed by atoms with E-state index in [1.807, 2.05) is 44.2 Å². The molecule has 138 valence electrons. The highest BCUT2D eigenvalue weighted by atomic mass is 35.5. The highest BCUT2D eigenvalue weighted by molar-refractivity contribution is 5.85. The summed E-state index contributed by atoms with van der Waals surface area (Å²) in [5, 5.41) is 23.5. The van der Waals surface area contributed by atoms with E-state index in [1.54, 1.807) is 12.1 Å². The number of phenols is 1. The molecule has 0 aromatic heterocycles. The second-order valence-electron chi connectivity index (χ2n) is 5.86. The Morgan fingerprint density at radius 3 is 2.40 bits per heavy atom. The van der Waals surface area contributed by atoms with E-state index in [1.165, 1.54) is 13.2 Å². The summed E-state index contributed by atoms with van der Waals surface area (Å²) in [5.74, 6) is 1.22. The zero-order valence-electron chi connectivity index (χ0n) is 14.7. The minimum absolute atomic E-state index is 0. The first kappa shape index (κ1) is 21.1. The number of aliphatic hydroxyl groups is 1. The second-order valence-corrected chi connectivity index (χ2v) is 5.86. The van der Waals surface area contributed by atoms with Crippen molar-refractivity contribution in [2.45, 2.75) is 32.0 Å². The van der Waals surface area contributed by atoms with Gasteiger partial charge in [0.2, 0.25) is 0 Å². The van der Waals surface area contributed by atoms with Crippen LogP contribution in [-0.4, -0.2) is 36.0 Å². The molecule has 0 aliphatic heterocycles. The van der Waals surface area contributed by atoms with Crippen molar-refractivity contribution in [3.63, 3.8) is 0 Å². The quantitative estimate of drug-likeness (QED) is 0.667. The number of phenolic OH excluding ortho intramolecular Hbond substituents is 1. The molecule has 0 aliphatic rings. The minimum Gasteiger partial charge on any atom is -0.504 e. The summed E-state index contributed by atoms with van der Waals surface area (Å²) in [5.41, 5.74) is 0.681. The van der Waals surface area contributed by atoms with Crippen LogP contribution in [0.15, 0.2) is 48.5 Å². The molecule has 0 bridgehead atoms. The van der Waals surface area contributed by atoms with Crippen molar-refractivity contribution in [1.29, 1.82) is 0 Å². The predicted molar refractivity (Wildman–Crippen MR) is 101 cm³/mol. The number of hydrogen-bond donors (Lipinski definition) is 3. The maximum absolute atomic E-state index is 10.5. The molecule has 0 radical (unpaired) electrons. The molecule has 5 nitrogen and oxygen atoms in total. The van der Waals surface area contributed by atoms with Gasteiger partial charge in [-0.3, -0.25) is 0 Å². The number of methoxy groups -OCH3 is 1. The van der Waals surface area contributed by atoms with E-state index in [0.29, 0.717) is 17.9 Å². The van der Waals surface area contributed by atoms with Crippen molar-refractivity contribution in [1.82, 2.24) is 5.32 Å². The van der Waals surface area contributed by atoms with Crippen LogP contribution >= 0.6 is 12.4 Å². The fraction of sp³-hybridized carbons (Fsp3) is 0.368. The molecule has 3 unspecified atom stereocenters. The highest BCUT2D eigenvalue weighted by Crippen LogP contribution is 2.30. The molecule has 2 aromatic rings. The van der Waals surface area contributed by atoms with Gasteiger partial charge < -0.3 is 25.0 Å². The van der Waals surface area contributed by atoms with Gasteiger partial charge in [-0.1, -0.05) is 24.3 Å². The van der Waals surface area contributed by atoms with Gasteiger partial charge in [0.15, 0.2) is 11.5 Å². The molecule has 2 aromatic carbocycles. The van der Waals surface area contributed by atoms with Crippen molar-refractivity contribution < 1.29 is 19.7 Å². The molecular weight excluding hydrogens is 342 g/mol. The minimum atomic E-state index is -0.723. The number of para-hydroxylation sites is 1. The highest BCUT2D eigenvalue weighted by Gasteiger charge is 2.19. The summed E-state index contributed by atoms with van der Waals surface area (Å²) in [4.78, 5) is 0. The van der Waals surface area contributed by atoms with E-state index in [-0.39, 0.29) is 30.2 Å². The van der Waals surface area contributed by atoms with Crippen molar-refractivity contribution in [2.75, 3.05) is 13.7 Å². The van der Waals surface area contributed by atoms with Crippen LogP contribution in [0.3, 0.4) is 0 Å².